The molecule has 0 aliphatic rings. The molecule has 0 fully saturated rings. The van der Waals surface area contributed by atoms with E-state index in [0.29, 0.717) is 17.8 Å². The van der Waals surface area contributed by atoms with Crippen molar-refractivity contribution in [2.24, 2.45) is 0 Å². The molecule has 4 nitrogen and oxygen atoms in total. The van der Waals surface area contributed by atoms with E-state index >= 15 is 0 Å². The van der Waals surface area contributed by atoms with Gasteiger partial charge in [-0.2, -0.15) is 0 Å². The number of carbonyl (C=O) groups excluding carboxylic acids is 1. The Labute approximate surface area is 109 Å². The molecule has 0 bridgehead atoms. The minimum atomic E-state index is -0.617. The maximum atomic E-state index is 13.9. The van der Waals surface area contributed by atoms with Crippen LogP contribution in [0.5, 0.6) is 0 Å². The third kappa shape index (κ3) is 2.88. The summed E-state index contributed by atoms with van der Waals surface area (Å²) in [5.74, 6) is -1.07. The molecular formula is C14H13FN2O2. The first-order valence-corrected chi connectivity index (χ1v) is 5.89. The maximum Gasteiger partial charge on any atom is 0.254 e. The highest BCUT2D eigenvalue weighted by Gasteiger charge is 2.11. The van der Waals surface area contributed by atoms with Crippen molar-refractivity contribution in [3.8, 4) is 11.3 Å². The van der Waals surface area contributed by atoms with E-state index in [1.807, 2.05) is 0 Å². The third-order valence-electron chi connectivity index (χ3n) is 2.63. The van der Waals surface area contributed by atoms with Crippen molar-refractivity contribution in [3.63, 3.8) is 0 Å². The number of rotatable bonds is 3. The van der Waals surface area contributed by atoms with Gasteiger partial charge < -0.3 is 10.3 Å². The van der Waals surface area contributed by atoms with E-state index in [2.05, 4.69) is 10.3 Å². The Morgan fingerprint density at radius 2 is 2.11 bits per heavy atom. The monoisotopic (exact) mass is 260 g/mol. The van der Waals surface area contributed by atoms with Crippen LogP contribution in [0.15, 0.2) is 41.2 Å². The minimum Gasteiger partial charge on any atom is -0.352 e. The van der Waals surface area contributed by atoms with Gasteiger partial charge in [-0.25, -0.2) is 4.39 Å². The fourth-order valence-electron chi connectivity index (χ4n) is 1.74. The van der Waals surface area contributed by atoms with Gasteiger partial charge in [0.1, 0.15) is 5.82 Å². The normalized spacial score (nSPS) is 10.2. The van der Waals surface area contributed by atoms with Crippen LogP contribution in [0.1, 0.15) is 17.3 Å². The van der Waals surface area contributed by atoms with Crippen LogP contribution in [-0.2, 0) is 0 Å². The fourth-order valence-corrected chi connectivity index (χ4v) is 1.74. The molecule has 0 aliphatic carbocycles. The third-order valence-corrected chi connectivity index (χ3v) is 2.63. The maximum absolute atomic E-state index is 13.9. The summed E-state index contributed by atoms with van der Waals surface area (Å²) in [7, 11) is 0. The standard InChI is InChI=1S/C14H13FN2O2/c1-2-16-14(19)10-7-6-9(8-11(10)15)12-4-3-5-13(18)17-12/h3-8H,2H2,1H3,(H,16,19)(H,17,18). The zero-order chi connectivity index (χ0) is 13.8. The number of hydrogen-bond donors (Lipinski definition) is 2. The van der Waals surface area contributed by atoms with Crippen LogP contribution in [0.4, 0.5) is 4.39 Å². The molecular weight excluding hydrogens is 247 g/mol. The quantitative estimate of drug-likeness (QED) is 0.885. The van der Waals surface area contributed by atoms with E-state index in [1.54, 1.807) is 25.1 Å². The Kier molecular flexibility index (Phi) is 3.75. The topological polar surface area (TPSA) is 62.0 Å². The number of hydrogen-bond acceptors (Lipinski definition) is 2. The molecule has 5 heteroatoms. The van der Waals surface area contributed by atoms with Gasteiger partial charge in [0.2, 0.25) is 5.56 Å². The first-order chi connectivity index (χ1) is 9.11. The molecule has 1 amide bonds. The molecule has 0 atom stereocenters. The molecule has 2 aromatic rings. The summed E-state index contributed by atoms with van der Waals surface area (Å²) in [5.41, 5.74) is 0.756. The van der Waals surface area contributed by atoms with Gasteiger partial charge in [-0.05, 0) is 25.1 Å². The minimum absolute atomic E-state index is 0.0103. The summed E-state index contributed by atoms with van der Waals surface area (Å²) in [6.45, 7) is 2.20. The molecule has 19 heavy (non-hydrogen) atoms. The molecule has 1 aromatic heterocycles. The van der Waals surface area contributed by atoms with Crippen molar-refractivity contribution in [3.05, 3.63) is 58.1 Å². The average molecular weight is 260 g/mol. The molecule has 0 spiro atoms. The molecule has 1 heterocycles. The number of H-pyrrole nitrogens is 1. The van der Waals surface area contributed by atoms with Crippen LogP contribution in [0, 0.1) is 5.82 Å². The lowest BCUT2D eigenvalue weighted by atomic mass is 10.1. The van der Waals surface area contributed by atoms with Crippen LogP contribution >= 0.6 is 0 Å². The fraction of sp³-hybridized carbons (Fsp3) is 0.143. The molecule has 0 radical (unpaired) electrons. The molecule has 0 saturated heterocycles. The van der Waals surface area contributed by atoms with Gasteiger partial charge >= 0.3 is 0 Å². The second kappa shape index (κ2) is 5.48. The van der Waals surface area contributed by atoms with Crippen LogP contribution in [0.25, 0.3) is 11.3 Å². The van der Waals surface area contributed by atoms with E-state index in [-0.39, 0.29) is 11.1 Å². The Hall–Kier alpha value is -2.43. The molecule has 0 saturated carbocycles. The van der Waals surface area contributed by atoms with Crippen molar-refractivity contribution < 1.29 is 9.18 Å². The number of nitrogens with one attached hydrogen (secondary N) is 2. The number of benzene rings is 1. The molecule has 0 unspecified atom stereocenters. The molecule has 2 rings (SSSR count). The Bertz CT molecular complexity index is 664. The summed E-state index contributed by atoms with van der Waals surface area (Å²) < 4.78 is 13.9. The van der Waals surface area contributed by atoms with E-state index < -0.39 is 11.7 Å². The number of halogens is 1. The Morgan fingerprint density at radius 1 is 1.32 bits per heavy atom. The number of pyridine rings is 1. The summed E-state index contributed by atoms with van der Waals surface area (Å²) >= 11 is 0. The van der Waals surface area contributed by atoms with Crippen LogP contribution < -0.4 is 10.9 Å². The first-order valence-electron chi connectivity index (χ1n) is 5.89. The van der Waals surface area contributed by atoms with Crippen molar-refractivity contribution in [2.45, 2.75) is 6.92 Å². The van der Waals surface area contributed by atoms with Crippen molar-refractivity contribution in [2.75, 3.05) is 6.54 Å². The van der Waals surface area contributed by atoms with E-state index in [9.17, 15) is 14.0 Å². The molecule has 1 aromatic carbocycles. The lowest BCUT2D eigenvalue weighted by Gasteiger charge is -2.06. The summed E-state index contributed by atoms with van der Waals surface area (Å²) in [6.07, 6.45) is 0. The van der Waals surface area contributed by atoms with Crippen molar-refractivity contribution >= 4 is 5.91 Å². The molecule has 98 valence electrons. The highest BCUT2D eigenvalue weighted by Crippen LogP contribution is 2.19. The summed E-state index contributed by atoms with van der Waals surface area (Å²) in [4.78, 5) is 25.4. The second-order valence-corrected chi connectivity index (χ2v) is 3.98. The van der Waals surface area contributed by atoms with Gasteiger partial charge in [-0.1, -0.05) is 12.1 Å². The van der Waals surface area contributed by atoms with Crippen LogP contribution in [-0.4, -0.2) is 17.4 Å². The lowest BCUT2D eigenvalue weighted by Crippen LogP contribution is -2.23. The van der Waals surface area contributed by atoms with Crippen LogP contribution in [0.3, 0.4) is 0 Å². The summed E-state index contributed by atoms with van der Waals surface area (Å²) in [5, 5.41) is 2.53. The van der Waals surface area contributed by atoms with Gasteiger partial charge in [-0.15, -0.1) is 0 Å². The number of amides is 1. The lowest BCUT2D eigenvalue weighted by molar-refractivity contribution is 0.0952. The smallest absolute Gasteiger partial charge is 0.254 e. The van der Waals surface area contributed by atoms with E-state index in [1.165, 1.54) is 18.2 Å². The Morgan fingerprint density at radius 3 is 2.74 bits per heavy atom. The SMILES string of the molecule is CCNC(=O)c1ccc(-c2cccc(=O)[nH]2)cc1F. The largest absolute Gasteiger partial charge is 0.352 e. The van der Waals surface area contributed by atoms with E-state index in [4.69, 9.17) is 0 Å². The van der Waals surface area contributed by atoms with Gasteiger partial charge in [0.05, 0.1) is 5.56 Å². The summed E-state index contributed by atoms with van der Waals surface area (Å²) in [6, 6.07) is 8.87. The number of aromatic nitrogens is 1. The van der Waals surface area contributed by atoms with Crippen LogP contribution in [0.2, 0.25) is 0 Å². The zero-order valence-electron chi connectivity index (χ0n) is 10.4. The highest BCUT2D eigenvalue weighted by atomic mass is 19.1. The molecule has 2 N–H and O–H groups in total. The zero-order valence-corrected chi connectivity index (χ0v) is 10.4. The predicted molar refractivity (Wildman–Crippen MR) is 70.5 cm³/mol. The van der Waals surface area contributed by atoms with Gasteiger partial charge in [-0.3, -0.25) is 9.59 Å². The Balaban J connectivity index is 2.39. The van der Waals surface area contributed by atoms with Crippen molar-refractivity contribution in [1.29, 1.82) is 0 Å². The highest BCUT2D eigenvalue weighted by molar-refractivity contribution is 5.94. The number of carbonyl (C=O) groups is 1. The number of aromatic amines is 1. The average Bonchev–Trinajstić information content (AvgIpc) is 2.38. The van der Waals surface area contributed by atoms with Gasteiger partial charge in [0.15, 0.2) is 0 Å². The molecule has 0 aliphatic heterocycles. The predicted octanol–water partition coefficient (Wildman–Crippen LogP) is 1.93. The van der Waals surface area contributed by atoms with E-state index in [0.717, 1.165) is 0 Å². The van der Waals surface area contributed by atoms with Crippen molar-refractivity contribution in [1.82, 2.24) is 10.3 Å². The second-order valence-electron chi connectivity index (χ2n) is 3.98. The van der Waals surface area contributed by atoms with Gasteiger partial charge in [0, 0.05) is 23.9 Å². The van der Waals surface area contributed by atoms with Gasteiger partial charge in [0.25, 0.3) is 5.91 Å². The first kappa shape index (κ1) is 13.0.